The van der Waals surface area contributed by atoms with Gasteiger partial charge in [0.25, 0.3) is 5.91 Å². The van der Waals surface area contributed by atoms with E-state index in [0.717, 1.165) is 11.8 Å². The number of hydrogen-bond donors (Lipinski definition) is 1. The summed E-state index contributed by atoms with van der Waals surface area (Å²) in [6.45, 7) is 0.170. The summed E-state index contributed by atoms with van der Waals surface area (Å²) in [5.41, 5.74) is 0.959. The van der Waals surface area contributed by atoms with Crippen molar-refractivity contribution in [1.82, 2.24) is 4.90 Å². The van der Waals surface area contributed by atoms with Crippen LogP contribution in [0.15, 0.2) is 80.4 Å². The standard InChI is InChI=1S/C23H18FN3O4S/c1-30-20-11-15(8-9-19(20)28)12-21-22(29)27(14-17-6-4-10-31-17)23(32-21)26-25-13-16-5-2-3-7-18(16)24/h2-13,28H,14H2,1H3/b21-12-,25-13+,26-23-. The number of hydrogen-bond acceptors (Lipinski definition) is 7. The van der Waals surface area contributed by atoms with E-state index < -0.39 is 5.82 Å². The second kappa shape index (κ2) is 9.52. The number of nitrogens with zero attached hydrogens (tertiary/aromatic N) is 3. The molecule has 1 amide bonds. The van der Waals surface area contributed by atoms with E-state index in [1.54, 1.807) is 48.5 Å². The Morgan fingerprint density at radius 3 is 2.81 bits per heavy atom. The van der Waals surface area contributed by atoms with Crippen molar-refractivity contribution in [2.75, 3.05) is 7.11 Å². The molecule has 4 rings (SSSR count). The Labute approximate surface area is 187 Å². The van der Waals surface area contributed by atoms with Crippen LogP contribution in [0.2, 0.25) is 0 Å². The summed E-state index contributed by atoms with van der Waals surface area (Å²) in [4.78, 5) is 14.9. The molecule has 162 valence electrons. The molecule has 1 aliphatic rings. The van der Waals surface area contributed by atoms with E-state index in [0.29, 0.717) is 27.1 Å². The van der Waals surface area contributed by atoms with Crippen molar-refractivity contribution in [1.29, 1.82) is 0 Å². The van der Waals surface area contributed by atoms with Crippen LogP contribution in [-0.2, 0) is 11.3 Å². The van der Waals surface area contributed by atoms with Crippen molar-refractivity contribution in [3.63, 3.8) is 0 Å². The van der Waals surface area contributed by atoms with Gasteiger partial charge in [-0.25, -0.2) is 4.39 Å². The Balaban J connectivity index is 1.64. The third-order valence-electron chi connectivity index (χ3n) is 4.53. The Morgan fingerprint density at radius 1 is 1.22 bits per heavy atom. The first kappa shape index (κ1) is 21.4. The highest BCUT2D eigenvalue weighted by Gasteiger charge is 2.34. The predicted molar refractivity (Wildman–Crippen MR) is 121 cm³/mol. The lowest BCUT2D eigenvalue weighted by Crippen LogP contribution is -2.28. The molecule has 0 atom stereocenters. The fraction of sp³-hybridized carbons (Fsp3) is 0.0870. The second-order valence-electron chi connectivity index (χ2n) is 6.66. The number of carbonyl (C=O) groups is 1. The van der Waals surface area contributed by atoms with Crippen LogP contribution in [0.25, 0.3) is 6.08 Å². The van der Waals surface area contributed by atoms with Gasteiger partial charge >= 0.3 is 0 Å². The molecule has 0 spiro atoms. The average Bonchev–Trinajstić information content (AvgIpc) is 3.41. The first-order chi connectivity index (χ1) is 15.5. The molecule has 0 bridgehead atoms. The smallest absolute Gasteiger partial charge is 0.267 e. The van der Waals surface area contributed by atoms with E-state index in [-0.39, 0.29) is 23.8 Å². The van der Waals surface area contributed by atoms with Crippen LogP contribution >= 0.6 is 11.8 Å². The number of ether oxygens (including phenoxy) is 1. The summed E-state index contributed by atoms with van der Waals surface area (Å²) in [6, 6.07) is 14.5. The fourth-order valence-electron chi connectivity index (χ4n) is 2.94. The highest BCUT2D eigenvalue weighted by molar-refractivity contribution is 8.18. The Morgan fingerprint density at radius 2 is 2.06 bits per heavy atom. The van der Waals surface area contributed by atoms with Gasteiger partial charge in [0.05, 0.1) is 31.0 Å². The molecule has 0 saturated carbocycles. The van der Waals surface area contributed by atoms with Gasteiger partial charge in [-0.3, -0.25) is 9.69 Å². The van der Waals surface area contributed by atoms with E-state index in [1.807, 2.05) is 0 Å². The first-order valence-corrected chi connectivity index (χ1v) is 10.3. The van der Waals surface area contributed by atoms with Gasteiger partial charge in [-0.15, -0.1) is 5.10 Å². The summed E-state index contributed by atoms with van der Waals surface area (Å²) in [5, 5.41) is 18.2. The van der Waals surface area contributed by atoms with Gasteiger partial charge in [0.1, 0.15) is 11.6 Å². The number of amidine groups is 1. The zero-order valence-electron chi connectivity index (χ0n) is 16.9. The number of carbonyl (C=O) groups excluding carboxylic acids is 1. The number of aromatic hydroxyl groups is 1. The number of amides is 1. The van der Waals surface area contributed by atoms with Crippen LogP contribution < -0.4 is 4.74 Å². The van der Waals surface area contributed by atoms with E-state index in [4.69, 9.17) is 9.15 Å². The van der Waals surface area contributed by atoms with Gasteiger partial charge in [0.15, 0.2) is 16.7 Å². The van der Waals surface area contributed by atoms with Crippen LogP contribution in [0.1, 0.15) is 16.9 Å². The number of phenolic OH excluding ortho intramolecular Hbond substituents is 1. The summed E-state index contributed by atoms with van der Waals surface area (Å²) in [5.74, 6) is 0.186. The molecule has 1 aliphatic heterocycles. The fourth-order valence-corrected chi connectivity index (χ4v) is 3.87. The van der Waals surface area contributed by atoms with Crippen molar-refractivity contribution in [3.8, 4) is 11.5 Å². The van der Waals surface area contributed by atoms with Gasteiger partial charge in [0.2, 0.25) is 0 Å². The quantitative estimate of drug-likeness (QED) is 0.335. The van der Waals surface area contributed by atoms with Gasteiger partial charge in [0, 0.05) is 5.56 Å². The molecule has 0 unspecified atom stereocenters. The van der Waals surface area contributed by atoms with Crippen molar-refractivity contribution >= 4 is 35.1 Å². The molecule has 3 aromatic rings. The molecule has 1 aromatic heterocycles. The maximum atomic E-state index is 13.8. The number of benzene rings is 2. The predicted octanol–water partition coefficient (Wildman–Crippen LogP) is 4.64. The van der Waals surface area contributed by atoms with E-state index in [1.165, 1.54) is 36.6 Å². The first-order valence-electron chi connectivity index (χ1n) is 9.51. The molecule has 1 saturated heterocycles. The zero-order valence-corrected chi connectivity index (χ0v) is 17.8. The van der Waals surface area contributed by atoms with E-state index >= 15 is 0 Å². The topological polar surface area (TPSA) is 87.6 Å². The molecular weight excluding hydrogens is 433 g/mol. The summed E-state index contributed by atoms with van der Waals surface area (Å²) in [7, 11) is 1.45. The lowest BCUT2D eigenvalue weighted by atomic mass is 10.2. The monoisotopic (exact) mass is 451 g/mol. The van der Waals surface area contributed by atoms with E-state index in [2.05, 4.69) is 10.2 Å². The molecule has 32 heavy (non-hydrogen) atoms. The van der Waals surface area contributed by atoms with Gasteiger partial charge in [-0.05, 0) is 53.7 Å². The zero-order chi connectivity index (χ0) is 22.5. The van der Waals surface area contributed by atoms with Gasteiger partial charge < -0.3 is 14.3 Å². The highest BCUT2D eigenvalue weighted by Crippen LogP contribution is 2.35. The molecule has 7 nitrogen and oxygen atoms in total. The third kappa shape index (κ3) is 4.73. The number of rotatable bonds is 6. The third-order valence-corrected chi connectivity index (χ3v) is 5.53. The lowest BCUT2D eigenvalue weighted by molar-refractivity contribution is -0.122. The minimum atomic E-state index is -0.416. The molecular formula is C23H18FN3O4S. The van der Waals surface area contributed by atoms with Crippen molar-refractivity contribution in [2.24, 2.45) is 10.2 Å². The van der Waals surface area contributed by atoms with Crippen LogP contribution in [-0.4, -0.2) is 34.4 Å². The molecule has 2 heterocycles. The van der Waals surface area contributed by atoms with Crippen molar-refractivity contribution < 1.29 is 23.4 Å². The number of phenols is 1. The summed E-state index contributed by atoms with van der Waals surface area (Å²) in [6.07, 6.45) is 4.49. The second-order valence-corrected chi connectivity index (χ2v) is 7.67. The lowest BCUT2D eigenvalue weighted by Gasteiger charge is -2.12. The van der Waals surface area contributed by atoms with Gasteiger partial charge in [-0.1, -0.05) is 24.3 Å². The Hall–Kier alpha value is -3.85. The van der Waals surface area contributed by atoms with Crippen LogP contribution in [0.5, 0.6) is 11.5 Å². The van der Waals surface area contributed by atoms with E-state index in [9.17, 15) is 14.3 Å². The minimum Gasteiger partial charge on any atom is -0.504 e. The van der Waals surface area contributed by atoms with Gasteiger partial charge in [-0.2, -0.15) is 5.10 Å². The highest BCUT2D eigenvalue weighted by atomic mass is 32.2. The molecule has 1 N–H and O–H groups in total. The number of furan rings is 1. The Kier molecular flexibility index (Phi) is 6.37. The maximum absolute atomic E-state index is 13.8. The summed E-state index contributed by atoms with van der Waals surface area (Å²) >= 11 is 1.14. The molecule has 1 fully saturated rings. The largest absolute Gasteiger partial charge is 0.504 e. The minimum absolute atomic E-state index is 0.00392. The number of thioether (sulfide) groups is 1. The average molecular weight is 451 g/mol. The normalized spacial score (nSPS) is 16.6. The summed E-state index contributed by atoms with van der Waals surface area (Å²) < 4.78 is 24.3. The van der Waals surface area contributed by atoms with Crippen molar-refractivity contribution in [3.05, 3.63) is 88.5 Å². The molecule has 2 aromatic carbocycles. The number of halogens is 1. The molecule has 0 radical (unpaired) electrons. The maximum Gasteiger partial charge on any atom is 0.267 e. The van der Waals surface area contributed by atoms with Crippen LogP contribution in [0.3, 0.4) is 0 Å². The van der Waals surface area contributed by atoms with Crippen molar-refractivity contribution in [2.45, 2.75) is 6.54 Å². The Bertz CT molecular complexity index is 1220. The van der Waals surface area contributed by atoms with Crippen LogP contribution in [0, 0.1) is 5.82 Å². The van der Waals surface area contributed by atoms with Crippen LogP contribution in [0.4, 0.5) is 4.39 Å². The SMILES string of the molecule is COc1cc(/C=C2\S/C(=N\N=C\c3ccccc3F)N(Cc3ccco3)C2=O)ccc1O. The number of methoxy groups -OCH3 is 1. The molecule has 0 aliphatic carbocycles. The molecule has 9 heteroatoms.